The van der Waals surface area contributed by atoms with Gasteiger partial charge in [0.05, 0.1) is 25.3 Å². The van der Waals surface area contributed by atoms with Gasteiger partial charge in [-0.3, -0.25) is 29.2 Å². The van der Waals surface area contributed by atoms with Crippen LogP contribution in [0.5, 0.6) is 5.75 Å². The smallest absolute Gasteiger partial charge is 0.237 e. The summed E-state index contributed by atoms with van der Waals surface area (Å²) in [7, 11) is 3.42. The number of carbonyl (C=O) groups excluding carboxylic acids is 3. The second-order valence-corrected chi connectivity index (χ2v) is 8.41. The van der Waals surface area contributed by atoms with Gasteiger partial charge in [-0.2, -0.15) is 5.26 Å². The van der Waals surface area contributed by atoms with Crippen LogP contribution < -0.4 is 9.64 Å². The fourth-order valence-electron chi connectivity index (χ4n) is 3.53. The first-order valence-electron chi connectivity index (χ1n) is 11.1. The van der Waals surface area contributed by atoms with Gasteiger partial charge in [0.25, 0.3) is 0 Å². The van der Waals surface area contributed by atoms with Crippen LogP contribution in [0.1, 0.15) is 34.2 Å². The van der Waals surface area contributed by atoms with Crippen LogP contribution in [0.15, 0.2) is 24.4 Å². The Morgan fingerprint density at radius 1 is 1.40 bits per heavy atom. The van der Waals surface area contributed by atoms with E-state index in [1.165, 1.54) is 24.2 Å². The summed E-state index contributed by atoms with van der Waals surface area (Å²) in [6, 6.07) is 6.80. The molecule has 0 aliphatic carbocycles. The summed E-state index contributed by atoms with van der Waals surface area (Å²) in [6.07, 6.45) is 1.31. The molecule has 2 amide bonds. The molecule has 35 heavy (non-hydrogen) atoms. The number of piperazine rings is 1. The molecule has 184 valence electrons. The van der Waals surface area contributed by atoms with Gasteiger partial charge in [0.2, 0.25) is 11.8 Å². The molecule has 0 bridgehead atoms. The molecule has 2 aromatic heterocycles. The van der Waals surface area contributed by atoms with Crippen molar-refractivity contribution >= 4 is 23.9 Å². The molecule has 0 spiro atoms. The molecule has 11 heteroatoms. The first-order valence-corrected chi connectivity index (χ1v) is 11.1. The summed E-state index contributed by atoms with van der Waals surface area (Å²) in [5, 5.41) is 18.5. The zero-order valence-corrected chi connectivity index (χ0v) is 20.0. The van der Waals surface area contributed by atoms with Crippen molar-refractivity contribution in [2.45, 2.75) is 26.0 Å². The van der Waals surface area contributed by atoms with Crippen molar-refractivity contribution in [3.05, 3.63) is 46.9 Å². The van der Waals surface area contributed by atoms with Gasteiger partial charge >= 0.3 is 0 Å². The Morgan fingerprint density at radius 2 is 2.17 bits per heavy atom. The molecule has 3 heterocycles. The lowest BCUT2D eigenvalue weighted by Crippen LogP contribution is -2.48. The zero-order valence-electron chi connectivity index (χ0n) is 20.0. The molecule has 1 N–H and O–H groups in total. The molecule has 1 aliphatic heterocycles. The van der Waals surface area contributed by atoms with Crippen LogP contribution in [0.25, 0.3) is 0 Å². The number of anilines is 1. The molecule has 2 aromatic rings. The van der Waals surface area contributed by atoms with Crippen LogP contribution in [0, 0.1) is 11.3 Å². The lowest BCUT2D eigenvalue weighted by molar-refractivity contribution is -0.136. The number of carbonyl (C=O) groups is 3. The lowest BCUT2D eigenvalue weighted by atomic mass is 10.1. The number of nitrogens with zero attached hydrogens (tertiary/aromatic N) is 6. The second-order valence-electron chi connectivity index (χ2n) is 8.41. The Balaban J connectivity index is 1.73. The largest absolute Gasteiger partial charge is 0.487 e. The summed E-state index contributed by atoms with van der Waals surface area (Å²) < 4.78 is 5.55. The highest BCUT2D eigenvalue weighted by Crippen LogP contribution is 2.21. The van der Waals surface area contributed by atoms with Gasteiger partial charge in [0.1, 0.15) is 35.0 Å². The summed E-state index contributed by atoms with van der Waals surface area (Å²) in [6.45, 7) is 3.34. The minimum Gasteiger partial charge on any atom is -0.487 e. The van der Waals surface area contributed by atoms with Crippen LogP contribution in [-0.4, -0.2) is 89.4 Å². The number of pyridine rings is 2. The van der Waals surface area contributed by atoms with Gasteiger partial charge < -0.3 is 14.7 Å². The number of hydrogen-bond donors (Lipinski definition) is 1. The van der Waals surface area contributed by atoms with E-state index in [0.717, 1.165) is 6.54 Å². The number of nitriles is 1. The average Bonchev–Trinajstić information content (AvgIpc) is 2.85. The number of ether oxygens (including phenoxy) is 1. The van der Waals surface area contributed by atoms with Gasteiger partial charge in [-0.05, 0) is 20.0 Å². The van der Waals surface area contributed by atoms with Gasteiger partial charge in [-0.25, -0.2) is 4.98 Å². The Hall–Kier alpha value is -3.88. The third-order valence-corrected chi connectivity index (χ3v) is 5.66. The molecule has 1 saturated heterocycles. The van der Waals surface area contributed by atoms with Gasteiger partial charge in [0, 0.05) is 44.5 Å². The standard InChI is InChI=1S/C24H28N6O5/c1-16(14-31)35-21-8-19(26-11-18(21)10-25)9-23(33)29(3)22-5-4-17(20(15-32)27-22)12-30-7-6-28(2)13-24(30)34/h4-5,8,11,15-16,31H,6-7,9,12-14H2,1-3H3/t16-/m0/s1. The molecular weight excluding hydrogens is 452 g/mol. The van der Waals surface area contributed by atoms with Crippen LogP contribution in [0.4, 0.5) is 5.82 Å². The molecule has 3 rings (SSSR count). The van der Waals surface area contributed by atoms with Crippen molar-refractivity contribution in [2.75, 3.05) is 45.2 Å². The Labute approximate surface area is 203 Å². The quantitative estimate of drug-likeness (QED) is 0.505. The Bertz CT molecular complexity index is 1150. The predicted molar refractivity (Wildman–Crippen MR) is 126 cm³/mol. The zero-order chi connectivity index (χ0) is 25.5. The summed E-state index contributed by atoms with van der Waals surface area (Å²) in [5.74, 6) is 0.163. The topological polar surface area (TPSA) is 140 Å². The van der Waals surface area contributed by atoms with E-state index in [0.29, 0.717) is 30.6 Å². The maximum atomic E-state index is 12.9. The average molecular weight is 481 g/mol. The summed E-state index contributed by atoms with van der Waals surface area (Å²) >= 11 is 0. The van der Waals surface area contributed by atoms with Crippen LogP contribution in [-0.2, 0) is 22.6 Å². The number of rotatable bonds is 9. The summed E-state index contributed by atoms with van der Waals surface area (Å²) in [5.41, 5.74) is 1.35. The number of aldehydes is 1. The van der Waals surface area contributed by atoms with Gasteiger partial charge in [0.15, 0.2) is 6.29 Å². The first-order chi connectivity index (χ1) is 16.7. The first kappa shape index (κ1) is 25.7. The van der Waals surface area contributed by atoms with Crippen LogP contribution in [0.2, 0.25) is 0 Å². The normalized spacial score (nSPS) is 14.8. The predicted octanol–water partition coefficient (Wildman–Crippen LogP) is 0.400. The number of aliphatic hydroxyl groups excluding tert-OH is 1. The third-order valence-electron chi connectivity index (χ3n) is 5.66. The van der Waals surface area contributed by atoms with E-state index in [1.54, 1.807) is 24.0 Å². The van der Waals surface area contributed by atoms with E-state index >= 15 is 0 Å². The fraction of sp³-hybridized carbons (Fsp3) is 0.417. The summed E-state index contributed by atoms with van der Waals surface area (Å²) in [4.78, 5) is 50.3. The van der Waals surface area contributed by atoms with Crippen LogP contribution >= 0.6 is 0 Å². The van der Waals surface area contributed by atoms with Crippen molar-refractivity contribution < 1.29 is 24.2 Å². The maximum Gasteiger partial charge on any atom is 0.237 e. The maximum absolute atomic E-state index is 12.9. The molecule has 0 unspecified atom stereocenters. The van der Waals surface area contributed by atoms with Crippen molar-refractivity contribution in [1.82, 2.24) is 19.8 Å². The molecule has 1 atom stereocenters. The monoisotopic (exact) mass is 480 g/mol. The van der Waals surface area contributed by atoms with Gasteiger partial charge in [-0.1, -0.05) is 6.07 Å². The number of aliphatic hydroxyl groups is 1. The number of likely N-dealkylation sites (N-methyl/N-ethyl adjacent to an activating group) is 2. The van der Waals surface area contributed by atoms with E-state index in [2.05, 4.69) is 9.97 Å². The molecule has 11 nitrogen and oxygen atoms in total. The highest BCUT2D eigenvalue weighted by molar-refractivity contribution is 5.93. The molecule has 0 saturated carbocycles. The third kappa shape index (κ3) is 6.38. The van der Waals surface area contributed by atoms with Crippen molar-refractivity contribution in [1.29, 1.82) is 5.26 Å². The molecule has 1 fully saturated rings. The van der Waals surface area contributed by atoms with E-state index in [1.807, 2.05) is 18.0 Å². The molecule has 0 radical (unpaired) electrons. The van der Waals surface area contributed by atoms with Crippen molar-refractivity contribution in [3.8, 4) is 11.8 Å². The number of amides is 2. The minimum absolute atomic E-state index is 0.0152. The number of aromatic nitrogens is 2. The van der Waals surface area contributed by atoms with E-state index < -0.39 is 6.10 Å². The second kappa shape index (κ2) is 11.5. The van der Waals surface area contributed by atoms with E-state index in [9.17, 15) is 24.8 Å². The van der Waals surface area contributed by atoms with Crippen LogP contribution in [0.3, 0.4) is 0 Å². The molecule has 0 aromatic carbocycles. The van der Waals surface area contributed by atoms with Gasteiger partial charge in [-0.15, -0.1) is 0 Å². The highest BCUT2D eigenvalue weighted by atomic mass is 16.5. The number of hydrogen-bond acceptors (Lipinski definition) is 9. The highest BCUT2D eigenvalue weighted by Gasteiger charge is 2.23. The van der Waals surface area contributed by atoms with Crippen molar-refractivity contribution in [2.24, 2.45) is 0 Å². The molecular formula is C24H28N6O5. The lowest BCUT2D eigenvalue weighted by Gasteiger charge is -2.32. The van der Waals surface area contributed by atoms with E-state index in [4.69, 9.17) is 4.74 Å². The minimum atomic E-state index is -0.527. The SMILES string of the molecule is C[C@@H](CO)Oc1cc(CC(=O)N(C)c2ccc(CN3CCN(C)CC3=O)c(C=O)n2)ncc1C#N. The molecule has 1 aliphatic rings. The Kier molecular flexibility index (Phi) is 8.46. The van der Waals surface area contributed by atoms with Crippen molar-refractivity contribution in [3.63, 3.8) is 0 Å². The van der Waals surface area contributed by atoms with E-state index in [-0.39, 0.29) is 54.2 Å². The fourth-order valence-corrected chi connectivity index (χ4v) is 3.53. The Morgan fingerprint density at radius 3 is 2.83 bits per heavy atom.